The summed E-state index contributed by atoms with van der Waals surface area (Å²) in [5.74, 6) is 5.46. The van der Waals surface area contributed by atoms with E-state index in [2.05, 4.69) is 14.8 Å². The van der Waals surface area contributed by atoms with E-state index in [4.69, 9.17) is 21.1 Å². The van der Waals surface area contributed by atoms with Gasteiger partial charge in [-0.05, 0) is 25.7 Å². The zero-order valence-corrected chi connectivity index (χ0v) is 18.1. The fraction of sp³-hybridized carbons (Fsp3) is 0.842. The van der Waals surface area contributed by atoms with Crippen molar-refractivity contribution in [2.45, 2.75) is 87.7 Å². The molecule has 9 nitrogen and oxygen atoms in total. The summed E-state index contributed by atoms with van der Waals surface area (Å²) in [6, 6.07) is -0.615. The molecule has 0 aromatic carbocycles. The van der Waals surface area contributed by atoms with Crippen molar-refractivity contribution in [2.75, 3.05) is 13.2 Å². The maximum Gasteiger partial charge on any atom is 0.522 e. The Labute approximate surface area is 191 Å². The molecule has 1 saturated heterocycles. The van der Waals surface area contributed by atoms with Crippen molar-refractivity contribution in [1.82, 2.24) is 10.3 Å². The van der Waals surface area contributed by atoms with Crippen LogP contribution in [0.15, 0.2) is 11.9 Å². The summed E-state index contributed by atoms with van der Waals surface area (Å²) in [7, 11) is 0. The molecule has 2 saturated carbocycles. The number of carbonyl (C=O) groups excluding carboxylic acids is 1. The van der Waals surface area contributed by atoms with Gasteiger partial charge in [0.1, 0.15) is 6.61 Å². The highest BCUT2D eigenvalue weighted by molar-refractivity contribution is 5.77. The van der Waals surface area contributed by atoms with Crippen LogP contribution in [0.4, 0.5) is 26.3 Å². The maximum absolute atomic E-state index is 12.2. The second-order valence-electron chi connectivity index (χ2n) is 8.64. The predicted molar refractivity (Wildman–Crippen MR) is 103 cm³/mol. The highest BCUT2D eigenvalue weighted by Crippen LogP contribution is 2.33. The molecule has 2 atom stereocenters. The quantitative estimate of drug-likeness (QED) is 0.246. The van der Waals surface area contributed by atoms with Crippen molar-refractivity contribution >= 4 is 5.91 Å². The monoisotopic (exact) mass is 506 g/mol. The molecular weight excluding hydrogens is 478 g/mol. The number of alkyl halides is 6. The van der Waals surface area contributed by atoms with E-state index in [9.17, 15) is 31.1 Å². The minimum Gasteiger partial charge on any atom is -0.399 e. The fourth-order valence-corrected chi connectivity index (χ4v) is 3.96. The minimum atomic E-state index is -4.68. The van der Waals surface area contributed by atoms with Gasteiger partial charge in [0.05, 0.1) is 42.8 Å². The van der Waals surface area contributed by atoms with E-state index < -0.39 is 43.0 Å². The van der Waals surface area contributed by atoms with Gasteiger partial charge >= 0.3 is 12.7 Å². The molecule has 0 spiro atoms. The Bertz CT molecular complexity index is 717. The lowest BCUT2D eigenvalue weighted by Crippen LogP contribution is -2.51. The van der Waals surface area contributed by atoms with Crippen LogP contribution in [0.1, 0.15) is 38.5 Å². The Morgan fingerprint density at radius 3 is 2.12 bits per heavy atom. The van der Waals surface area contributed by atoms with Crippen LogP contribution in [0.25, 0.3) is 0 Å². The smallest absolute Gasteiger partial charge is 0.399 e. The number of amides is 1. The van der Waals surface area contributed by atoms with Gasteiger partial charge in [-0.2, -0.15) is 0 Å². The number of nitrogens with two attached hydrogens (primary N) is 2. The molecule has 3 aliphatic rings. The molecule has 0 aromatic rings. The van der Waals surface area contributed by atoms with Crippen LogP contribution in [-0.4, -0.2) is 73.4 Å². The lowest BCUT2D eigenvalue weighted by atomic mass is 9.89. The highest BCUT2D eigenvalue weighted by Gasteiger charge is 2.42. The van der Waals surface area contributed by atoms with Crippen molar-refractivity contribution in [3.05, 3.63) is 11.9 Å². The molecule has 2 aliphatic carbocycles. The summed E-state index contributed by atoms with van der Waals surface area (Å²) in [4.78, 5) is 12.0. The van der Waals surface area contributed by atoms with Crippen LogP contribution in [-0.2, 0) is 23.7 Å². The van der Waals surface area contributed by atoms with Crippen molar-refractivity contribution in [1.29, 1.82) is 0 Å². The molecule has 196 valence electrons. The Morgan fingerprint density at radius 1 is 1.00 bits per heavy atom. The van der Waals surface area contributed by atoms with Crippen LogP contribution in [0.2, 0.25) is 0 Å². The molecule has 0 radical (unpaired) electrons. The summed E-state index contributed by atoms with van der Waals surface area (Å²) in [5.41, 5.74) is 6.33. The molecule has 1 heterocycles. The first-order valence-corrected chi connectivity index (χ1v) is 10.8. The molecule has 0 bridgehead atoms. The minimum absolute atomic E-state index is 0.0711. The van der Waals surface area contributed by atoms with E-state index in [1.54, 1.807) is 0 Å². The lowest BCUT2D eigenvalue weighted by Gasteiger charge is -2.40. The van der Waals surface area contributed by atoms with E-state index in [1.165, 1.54) is 11.2 Å². The molecule has 5 N–H and O–H groups in total. The van der Waals surface area contributed by atoms with Crippen molar-refractivity contribution in [2.24, 2.45) is 11.6 Å². The van der Waals surface area contributed by atoms with E-state index in [0.29, 0.717) is 18.5 Å². The van der Waals surface area contributed by atoms with Gasteiger partial charge in [0.25, 0.3) is 0 Å². The third-order valence-electron chi connectivity index (χ3n) is 5.90. The summed E-state index contributed by atoms with van der Waals surface area (Å²) in [6.45, 7) is -0.112. The molecule has 15 heteroatoms. The summed E-state index contributed by atoms with van der Waals surface area (Å²) in [5, 5.41) is 3.99. The topological polar surface area (TPSA) is 121 Å². The number of ether oxygens (including phenoxy) is 4. The number of nitrogens with one attached hydrogen (secondary N) is 1. The molecule has 34 heavy (non-hydrogen) atoms. The van der Waals surface area contributed by atoms with E-state index >= 15 is 0 Å². The third-order valence-corrected chi connectivity index (χ3v) is 5.90. The first-order chi connectivity index (χ1) is 15.8. The van der Waals surface area contributed by atoms with Crippen LogP contribution >= 0.6 is 0 Å². The second-order valence-corrected chi connectivity index (χ2v) is 8.64. The van der Waals surface area contributed by atoms with Crippen molar-refractivity contribution < 1.29 is 50.1 Å². The van der Waals surface area contributed by atoms with Gasteiger partial charge < -0.3 is 25.5 Å². The Hall–Kier alpha value is -1.81. The summed E-state index contributed by atoms with van der Waals surface area (Å²) in [6.07, 6.45) is -9.30. The lowest BCUT2D eigenvalue weighted by molar-refractivity contribution is -0.357. The molecule has 3 rings (SSSR count). The normalized spacial score (nSPS) is 32.5. The average molecular weight is 506 g/mol. The first-order valence-electron chi connectivity index (χ1n) is 10.8. The van der Waals surface area contributed by atoms with Crippen molar-refractivity contribution in [3.8, 4) is 0 Å². The SMILES string of the molecule is N/C(=C\N(N)C1CC(OC(F)(F)F)C1)[C@@H]1CCC(NC(=O)COC2CC(OC(F)(F)F)C2)CO1. The number of nitrogens with zero attached hydrogens (tertiary/aromatic N) is 1. The van der Waals surface area contributed by atoms with Crippen LogP contribution in [0.5, 0.6) is 0 Å². The maximum atomic E-state index is 12.2. The number of hydrazine groups is 1. The van der Waals surface area contributed by atoms with E-state index in [1.807, 2.05) is 0 Å². The molecule has 1 unspecified atom stereocenters. The van der Waals surface area contributed by atoms with Crippen LogP contribution < -0.4 is 16.9 Å². The molecule has 1 aliphatic heterocycles. The third kappa shape index (κ3) is 8.45. The van der Waals surface area contributed by atoms with Gasteiger partial charge in [-0.25, -0.2) is 5.84 Å². The van der Waals surface area contributed by atoms with E-state index in [-0.39, 0.29) is 51.0 Å². The van der Waals surface area contributed by atoms with Crippen molar-refractivity contribution in [3.63, 3.8) is 0 Å². The van der Waals surface area contributed by atoms with Gasteiger partial charge in [0.15, 0.2) is 0 Å². The van der Waals surface area contributed by atoms with E-state index in [0.717, 1.165) is 0 Å². The number of halogens is 6. The van der Waals surface area contributed by atoms with Gasteiger partial charge in [-0.1, -0.05) is 0 Å². The van der Waals surface area contributed by atoms with Gasteiger partial charge in [-0.15, -0.1) is 26.3 Å². The number of hydrogen-bond donors (Lipinski definition) is 3. The second kappa shape index (κ2) is 10.8. The summed E-state index contributed by atoms with van der Waals surface area (Å²) >= 11 is 0. The Balaban J connectivity index is 1.29. The number of hydrogen-bond acceptors (Lipinski definition) is 8. The number of carbonyl (C=O) groups is 1. The standard InChI is InChI=1S/C19H28F6N4O5/c20-18(21,22)33-13-3-11(4-13)29(27)7-15(26)16-2-1-10(8-32-16)28-17(30)9-31-12-5-14(6-12)34-19(23,24)25/h7,10-14,16H,1-6,8-9,26-27H2,(H,28,30)/b15-7-/t10?,11?,12?,13?,14?,16-/m0/s1. The Kier molecular flexibility index (Phi) is 8.55. The number of rotatable bonds is 9. The largest absolute Gasteiger partial charge is 0.522 e. The molecule has 1 amide bonds. The van der Waals surface area contributed by atoms with Gasteiger partial charge in [0.2, 0.25) is 5.91 Å². The highest BCUT2D eigenvalue weighted by atomic mass is 19.4. The zero-order valence-electron chi connectivity index (χ0n) is 18.1. The zero-order chi connectivity index (χ0) is 25.1. The van der Waals surface area contributed by atoms with Crippen LogP contribution in [0.3, 0.4) is 0 Å². The summed E-state index contributed by atoms with van der Waals surface area (Å²) < 4.78 is 91.6. The fourth-order valence-electron chi connectivity index (χ4n) is 3.96. The Morgan fingerprint density at radius 2 is 1.59 bits per heavy atom. The van der Waals surface area contributed by atoms with Gasteiger partial charge in [0, 0.05) is 25.1 Å². The molecular formula is C19H28F6N4O5. The van der Waals surface area contributed by atoms with Gasteiger partial charge in [-0.3, -0.25) is 14.3 Å². The average Bonchev–Trinajstić information content (AvgIpc) is 2.64. The predicted octanol–water partition coefficient (Wildman–Crippen LogP) is 1.78. The molecule has 0 aromatic heterocycles. The van der Waals surface area contributed by atoms with Crippen LogP contribution in [0, 0.1) is 0 Å². The molecule has 3 fully saturated rings. The first kappa shape index (κ1) is 26.8.